The summed E-state index contributed by atoms with van der Waals surface area (Å²) in [6.07, 6.45) is 1.48. The van der Waals surface area contributed by atoms with Crippen LogP contribution in [0.5, 0.6) is 5.75 Å². The Morgan fingerprint density at radius 1 is 1.44 bits per heavy atom. The summed E-state index contributed by atoms with van der Waals surface area (Å²) in [5.41, 5.74) is 1.19. The summed E-state index contributed by atoms with van der Waals surface area (Å²) in [5.74, 6) is 0.296. The quantitative estimate of drug-likeness (QED) is 0.809. The van der Waals surface area contributed by atoms with Crippen molar-refractivity contribution in [3.05, 3.63) is 29.8 Å². The standard InChI is InChI=1S/C15H22N2O/c1-12(13-6-4-7-14(18)10-13)17-11-15(2,3)8-5-9-16/h4,6-7,10,12,17-18H,5,8,11H2,1-3H3. The Morgan fingerprint density at radius 2 is 2.17 bits per heavy atom. The number of phenols is 1. The zero-order chi connectivity index (χ0) is 13.6. The van der Waals surface area contributed by atoms with Crippen LogP contribution in [0.2, 0.25) is 0 Å². The zero-order valence-electron chi connectivity index (χ0n) is 11.4. The van der Waals surface area contributed by atoms with E-state index in [0.29, 0.717) is 12.2 Å². The highest BCUT2D eigenvalue weighted by molar-refractivity contribution is 5.29. The molecule has 1 unspecified atom stereocenters. The maximum Gasteiger partial charge on any atom is 0.115 e. The van der Waals surface area contributed by atoms with Crippen molar-refractivity contribution >= 4 is 0 Å². The molecule has 0 aromatic heterocycles. The Morgan fingerprint density at radius 3 is 2.78 bits per heavy atom. The van der Waals surface area contributed by atoms with Crippen LogP contribution in [0, 0.1) is 16.7 Å². The summed E-state index contributed by atoms with van der Waals surface area (Å²) in [6.45, 7) is 7.25. The van der Waals surface area contributed by atoms with E-state index in [1.54, 1.807) is 12.1 Å². The number of nitrogens with zero attached hydrogens (tertiary/aromatic N) is 1. The van der Waals surface area contributed by atoms with Gasteiger partial charge in [0.2, 0.25) is 0 Å². The van der Waals surface area contributed by atoms with Gasteiger partial charge < -0.3 is 10.4 Å². The fraction of sp³-hybridized carbons (Fsp3) is 0.533. The molecule has 0 spiro atoms. The number of phenolic OH excluding ortho intramolecular Hbond substituents is 1. The maximum absolute atomic E-state index is 9.44. The fourth-order valence-electron chi connectivity index (χ4n) is 1.82. The molecule has 0 fully saturated rings. The maximum atomic E-state index is 9.44. The Balaban J connectivity index is 2.51. The summed E-state index contributed by atoms with van der Waals surface area (Å²) < 4.78 is 0. The highest BCUT2D eigenvalue weighted by Gasteiger charge is 2.18. The first-order valence-corrected chi connectivity index (χ1v) is 6.34. The van der Waals surface area contributed by atoms with Crippen LogP contribution in [-0.4, -0.2) is 11.7 Å². The van der Waals surface area contributed by atoms with E-state index in [1.165, 1.54) is 0 Å². The summed E-state index contributed by atoms with van der Waals surface area (Å²) in [4.78, 5) is 0. The van der Waals surface area contributed by atoms with Gasteiger partial charge in [0.25, 0.3) is 0 Å². The minimum atomic E-state index is 0.112. The summed E-state index contributed by atoms with van der Waals surface area (Å²) >= 11 is 0. The zero-order valence-corrected chi connectivity index (χ0v) is 11.4. The second-order valence-electron chi connectivity index (χ2n) is 5.52. The molecule has 0 saturated heterocycles. The van der Waals surface area contributed by atoms with Crippen molar-refractivity contribution < 1.29 is 5.11 Å². The predicted molar refractivity (Wildman–Crippen MR) is 73.2 cm³/mol. The Hall–Kier alpha value is -1.53. The van der Waals surface area contributed by atoms with Crippen molar-refractivity contribution in [2.45, 2.75) is 39.7 Å². The first-order valence-electron chi connectivity index (χ1n) is 6.34. The Kier molecular flexibility index (Phi) is 5.18. The molecule has 1 aromatic rings. The van der Waals surface area contributed by atoms with Gasteiger partial charge in [0, 0.05) is 19.0 Å². The monoisotopic (exact) mass is 246 g/mol. The molecule has 1 atom stereocenters. The number of nitrogens with one attached hydrogen (secondary N) is 1. The molecule has 0 radical (unpaired) electrons. The topological polar surface area (TPSA) is 56.0 Å². The van der Waals surface area contributed by atoms with Crippen LogP contribution in [0.4, 0.5) is 0 Å². The van der Waals surface area contributed by atoms with Crippen LogP contribution < -0.4 is 5.32 Å². The van der Waals surface area contributed by atoms with Crippen LogP contribution in [0.15, 0.2) is 24.3 Å². The number of hydrogen-bond acceptors (Lipinski definition) is 3. The smallest absolute Gasteiger partial charge is 0.115 e. The summed E-state index contributed by atoms with van der Waals surface area (Å²) in [7, 11) is 0. The van der Waals surface area contributed by atoms with Gasteiger partial charge in [0.15, 0.2) is 0 Å². The number of aromatic hydroxyl groups is 1. The average molecular weight is 246 g/mol. The van der Waals surface area contributed by atoms with E-state index in [4.69, 9.17) is 5.26 Å². The van der Waals surface area contributed by atoms with Gasteiger partial charge in [-0.1, -0.05) is 26.0 Å². The molecule has 1 rings (SSSR count). The van der Waals surface area contributed by atoms with Crippen LogP contribution in [0.3, 0.4) is 0 Å². The summed E-state index contributed by atoms with van der Waals surface area (Å²) in [5, 5.41) is 21.5. The van der Waals surface area contributed by atoms with E-state index >= 15 is 0 Å². The molecule has 98 valence electrons. The van der Waals surface area contributed by atoms with E-state index in [2.05, 4.69) is 32.2 Å². The van der Waals surface area contributed by atoms with Gasteiger partial charge in [0.05, 0.1) is 6.07 Å². The third-order valence-corrected chi connectivity index (χ3v) is 3.17. The van der Waals surface area contributed by atoms with E-state index in [9.17, 15) is 5.11 Å². The SMILES string of the molecule is CC(NCC(C)(C)CCC#N)c1cccc(O)c1. The Labute approximate surface area is 109 Å². The second kappa shape index (κ2) is 6.42. The van der Waals surface area contributed by atoms with E-state index in [-0.39, 0.29) is 11.5 Å². The van der Waals surface area contributed by atoms with Crippen molar-refractivity contribution in [3.63, 3.8) is 0 Å². The molecule has 0 aliphatic heterocycles. The first kappa shape index (κ1) is 14.5. The molecule has 3 heteroatoms. The van der Waals surface area contributed by atoms with Gasteiger partial charge >= 0.3 is 0 Å². The molecule has 0 aliphatic rings. The van der Waals surface area contributed by atoms with Gasteiger partial charge in [-0.05, 0) is 36.5 Å². The fourth-order valence-corrected chi connectivity index (χ4v) is 1.82. The largest absolute Gasteiger partial charge is 0.508 e. The third kappa shape index (κ3) is 4.77. The van der Waals surface area contributed by atoms with Crippen molar-refractivity contribution in [3.8, 4) is 11.8 Å². The van der Waals surface area contributed by atoms with Crippen LogP contribution >= 0.6 is 0 Å². The minimum Gasteiger partial charge on any atom is -0.508 e. The molecular weight excluding hydrogens is 224 g/mol. The summed E-state index contributed by atoms with van der Waals surface area (Å²) in [6, 6.07) is 9.68. The van der Waals surface area contributed by atoms with Gasteiger partial charge in [-0.3, -0.25) is 0 Å². The van der Waals surface area contributed by atoms with Crippen molar-refractivity contribution in [1.29, 1.82) is 5.26 Å². The van der Waals surface area contributed by atoms with Crippen molar-refractivity contribution in [2.24, 2.45) is 5.41 Å². The van der Waals surface area contributed by atoms with E-state index in [1.807, 2.05) is 12.1 Å². The molecule has 0 saturated carbocycles. The minimum absolute atomic E-state index is 0.112. The van der Waals surface area contributed by atoms with Gasteiger partial charge in [-0.15, -0.1) is 0 Å². The van der Waals surface area contributed by atoms with E-state index < -0.39 is 0 Å². The third-order valence-electron chi connectivity index (χ3n) is 3.17. The van der Waals surface area contributed by atoms with Crippen molar-refractivity contribution in [1.82, 2.24) is 5.32 Å². The molecule has 0 bridgehead atoms. The van der Waals surface area contributed by atoms with Gasteiger partial charge in [-0.25, -0.2) is 0 Å². The molecule has 0 heterocycles. The van der Waals surface area contributed by atoms with Crippen LogP contribution in [0.25, 0.3) is 0 Å². The highest BCUT2D eigenvalue weighted by Crippen LogP contribution is 2.23. The molecule has 0 aliphatic carbocycles. The lowest BCUT2D eigenvalue weighted by Crippen LogP contribution is -2.31. The number of rotatable bonds is 6. The van der Waals surface area contributed by atoms with Gasteiger partial charge in [-0.2, -0.15) is 5.26 Å². The van der Waals surface area contributed by atoms with Crippen molar-refractivity contribution in [2.75, 3.05) is 6.54 Å². The highest BCUT2D eigenvalue weighted by atomic mass is 16.3. The lowest BCUT2D eigenvalue weighted by atomic mass is 9.87. The molecule has 3 nitrogen and oxygen atoms in total. The van der Waals surface area contributed by atoms with Crippen LogP contribution in [0.1, 0.15) is 45.2 Å². The lowest BCUT2D eigenvalue weighted by Gasteiger charge is -2.26. The van der Waals surface area contributed by atoms with Crippen LogP contribution in [-0.2, 0) is 0 Å². The Bertz CT molecular complexity index is 421. The molecule has 0 amide bonds. The predicted octanol–water partition coefficient (Wildman–Crippen LogP) is 3.37. The number of benzene rings is 1. The number of hydrogen-bond donors (Lipinski definition) is 2. The molecule has 2 N–H and O–H groups in total. The molecule has 1 aromatic carbocycles. The molecular formula is C15H22N2O. The average Bonchev–Trinajstić information content (AvgIpc) is 2.34. The second-order valence-corrected chi connectivity index (χ2v) is 5.52. The molecule has 18 heavy (non-hydrogen) atoms. The normalized spacial score (nSPS) is 13.0. The first-order chi connectivity index (χ1) is 8.44. The van der Waals surface area contributed by atoms with E-state index in [0.717, 1.165) is 18.5 Å². The number of nitriles is 1. The lowest BCUT2D eigenvalue weighted by molar-refractivity contribution is 0.304. The van der Waals surface area contributed by atoms with Gasteiger partial charge in [0.1, 0.15) is 5.75 Å².